The van der Waals surface area contributed by atoms with Gasteiger partial charge in [-0.1, -0.05) is 19.8 Å². The minimum absolute atomic E-state index is 0.0561. The maximum Gasteiger partial charge on any atom is 0.233 e. The van der Waals surface area contributed by atoms with E-state index in [-0.39, 0.29) is 18.0 Å². The fourth-order valence-electron chi connectivity index (χ4n) is 2.69. The van der Waals surface area contributed by atoms with E-state index in [1.54, 1.807) is 0 Å². The summed E-state index contributed by atoms with van der Waals surface area (Å²) in [5.41, 5.74) is 5.44. The molecule has 0 radical (unpaired) electrons. The van der Waals surface area contributed by atoms with Crippen molar-refractivity contribution in [3.8, 4) is 0 Å². The molecular weight excluding hydrogens is 202 g/mol. The lowest BCUT2D eigenvalue weighted by Gasteiger charge is -2.45. The van der Waals surface area contributed by atoms with Gasteiger partial charge in [0.2, 0.25) is 5.91 Å². The summed E-state index contributed by atoms with van der Waals surface area (Å²) in [6, 6.07) is 0. The van der Waals surface area contributed by atoms with Crippen LogP contribution in [0, 0.1) is 5.92 Å². The monoisotopic (exact) mass is 227 g/mol. The maximum absolute atomic E-state index is 11.2. The van der Waals surface area contributed by atoms with E-state index in [4.69, 9.17) is 5.73 Å². The Balaban J connectivity index is 2.61. The first-order valence-electron chi connectivity index (χ1n) is 6.14. The molecule has 4 nitrogen and oxygen atoms in total. The largest absolute Gasteiger partial charge is 0.353 e. The lowest BCUT2D eigenvalue weighted by atomic mass is 9.75. The zero-order valence-electron chi connectivity index (χ0n) is 10.8. The number of carbonyl (C=O) groups is 1. The third-order valence-corrected chi connectivity index (χ3v) is 3.82. The van der Waals surface area contributed by atoms with Gasteiger partial charge in [-0.05, 0) is 32.9 Å². The second kappa shape index (κ2) is 5.64. The van der Waals surface area contributed by atoms with E-state index in [0.29, 0.717) is 0 Å². The highest BCUT2D eigenvalue weighted by Gasteiger charge is 2.36. The van der Waals surface area contributed by atoms with Crippen molar-refractivity contribution < 1.29 is 4.79 Å². The molecule has 94 valence electrons. The van der Waals surface area contributed by atoms with Crippen LogP contribution in [0.3, 0.4) is 0 Å². The number of hydrogen-bond acceptors (Lipinski definition) is 3. The Bertz CT molecular complexity index is 242. The molecule has 1 fully saturated rings. The summed E-state index contributed by atoms with van der Waals surface area (Å²) in [5, 5.41) is 2.94. The molecule has 0 aromatic rings. The van der Waals surface area contributed by atoms with Crippen LogP contribution in [0.5, 0.6) is 0 Å². The van der Waals surface area contributed by atoms with Gasteiger partial charge in [0.1, 0.15) is 0 Å². The maximum atomic E-state index is 11.2. The van der Waals surface area contributed by atoms with Crippen molar-refractivity contribution in [2.45, 2.75) is 38.1 Å². The van der Waals surface area contributed by atoms with E-state index in [1.807, 2.05) is 0 Å². The molecule has 1 amide bonds. The van der Waals surface area contributed by atoms with Gasteiger partial charge in [-0.15, -0.1) is 0 Å². The molecule has 2 unspecified atom stereocenters. The number of rotatable bonds is 4. The van der Waals surface area contributed by atoms with Crippen LogP contribution in [-0.4, -0.2) is 43.5 Å². The minimum atomic E-state index is -0.0561. The average molecular weight is 227 g/mol. The second-order valence-corrected chi connectivity index (χ2v) is 5.30. The summed E-state index contributed by atoms with van der Waals surface area (Å²) in [5.74, 6) is 0.686. The van der Waals surface area contributed by atoms with Gasteiger partial charge in [0.05, 0.1) is 6.54 Å². The van der Waals surface area contributed by atoms with Gasteiger partial charge in [0, 0.05) is 12.1 Å². The SMILES string of the molecule is CC1CCCC(CNC(=O)CN)(N(C)C)C1. The van der Waals surface area contributed by atoms with Gasteiger partial charge in [-0.2, -0.15) is 0 Å². The number of hydrogen-bond donors (Lipinski definition) is 2. The summed E-state index contributed by atoms with van der Waals surface area (Å²) in [6.07, 6.45) is 4.87. The van der Waals surface area contributed by atoms with Crippen molar-refractivity contribution in [1.29, 1.82) is 0 Å². The predicted octanol–water partition coefficient (Wildman–Crippen LogP) is 0.572. The van der Waals surface area contributed by atoms with Crippen molar-refractivity contribution in [2.24, 2.45) is 11.7 Å². The smallest absolute Gasteiger partial charge is 0.233 e. The molecule has 1 aliphatic rings. The van der Waals surface area contributed by atoms with Gasteiger partial charge in [-0.25, -0.2) is 0 Å². The van der Waals surface area contributed by atoms with Crippen molar-refractivity contribution in [3.63, 3.8) is 0 Å². The third-order valence-electron chi connectivity index (χ3n) is 3.82. The van der Waals surface area contributed by atoms with Crippen LogP contribution >= 0.6 is 0 Å². The Kier molecular flexibility index (Phi) is 4.74. The summed E-state index contributed by atoms with van der Waals surface area (Å²) >= 11 is 0. The van der Waals surface area contributed by atoms with Crippen LogP contribution in [0.1, 0.15) is 32.6 Å². The highest BCUT2D eigenvalue weighted by Crippen LogP contribution is 2.35. The van der Waals surface area contributed by atoms with Crippen molar-refractivity contribution in [2.75, 3.05) is 27.2 Å². The molecule has 0 saturated heterocycles. The lowest BCUT2D eigenvalue weighted by Crippen LogP contribution is -2.55. The van der Waals surface area contributed by atoms with E-state index >= 15 is 0 Å². The van der Waals surface area contributed by atoms with Crippen LogP contribution in [0.15, 0.2) is 0 Å². The normalized spacial score (nSPS) is 30.4. The summed E-state index contributed by atoms with van der Waals surface area (Å²) in [6.45, 7) is 3.10. The number of nitrogens with one attached hydrogen (secondary N) is 1. The molecule has 0 aromatic heterocycles. The summed E-state index contributed by atoms with van der Waals surface area (Å²) in [4.78, 5) is 13.5. The van der Waals surface area contributed by atoms with E-state index in [1.165, 1.54) is 12.8 Å². The first-order chi connectivity index (χ1) is 7.50. The van der Waals surface area contributed by atoms with Crippen molar-refractivity contribution in [3.05, 3.63) is 0 Å². The van der Waals surface area contributed by atoms with Gasteiger partial charge in [-0.3, -0.25) is 4.79 Å². The molecule has 2 atom stereocenters. The van der Waals surface area contributed by atoms with E-state index in [9.17, 15) is 4.79 Å². The van der Waals surface area contributed by atoms with Gasteiger partial charge >= 0.3 is 0 Å². The number of nitrogens with zero attached hydrogens (tertiary/aromatic N) is 1. The topological polar surface area (TPSA) is 58.4 Å². The molecule has 1 rings (SSSR count). The quantitative estimate of drug-likeness (QED) is 0.738. The van der Waals surface area contributed by atoms with E-state index in [2.05, 4.69) is 31.2 Å². The van der Waals surface area contributed by atoms with Crippen LogP contribution in [-0.2, 0) is 4.79 Å². The number of carbonyl (C=O) groups excluding carboxylic acids is 1. The molecule has 0 spiro atoms. The lowest BCUT2D eigenvalue weighted by molar-refractivity contribution is -0.120. The summed E-state index contributed by atoms with van der Waals surface area (Å²) < 4.78 is 0. The Morgan fingerprint density at radius 2 is 2.25 bits per heavy atom. The average Bonchev–Trinajstić information content (AvgIpc) is 2.25. The molecule has 0 bridgehead atoms. The molecule has 1 saturated carbocycles. The Hall–Kier alpha value is -0.610. The molecule has 4 heteroatoms. The fourth-order valence-corrected chi connectivity index (χ4v) is 2.69. The van der Waals surface area contributed by atoms with E-state index < -0.39 is 0 Å². The molecule has 3 N–H and O–H groups in total. The summed E-state index contributed by atoms with van der Waals surface area (Å²) in [7, 11) is 4.21. The first-order valence-corrected chi connectivity index (χ1v) is 6.14. The van der Waals surface area contributed by atoms with Gasteiger partial charge < -0.3 is 16.0 Å². The molecule has 1 aliphatic carbocycles. The van der Waals surface area contributed by atoms with E-state index in [0.717, 1.165) is 25.3 Å². The van der Waals surface area contributed by atoms with Crippen LogP contribution in [0.2, 0.25) is 0 Å². The molecular formula is C12H25N3O. The van der Waals surface area contributed by atoms with Crippen LogP contribution in [0.4, 0.5) is 0 Å². The highest BCUT2D eigenvalue weighted by molar-refractivity contribution is 5.77. The Morgan fingerprint density at radius 3 is 2.75 bits per heavy atom. The number of amides is 1. The van der Waals surface area contributed by atoms with Gasteiger partial charge in [0.25, 0.3) is 0 Å². The number of likely N-dealkylation sites (N-methyl/N-ethyl adjacent to an activating group) is 1. The Morgan fingerprint density at radius 1 is 1.56 bits per heavy atom. The molecule has 0 aliphatic heterocycles. The van der Waals surface area contributed by atoms with Gasteiger partial charge in [0.15, 0.2) is 0 Å². The molecule has 0 heterocycles. The fraction of sp³-hybridized carbons (Fsp3) is 0.917. The van der Waals surface area contributed by atoms with Crippen molar-refractivity contribution in [1.82, 2.24) is 10.2 Å². The number of nitrogens with two attached hydrogens (primary N) is 1. The van der Waals surface area contributed by atoms with Crippen molar-refractivity contribution >= 4 is 5.91 Å². The Labute approximate surface area is 98.6 Å². The van der Waals surface area contributed by atoms with Crippen LogP contribution < -0.4 is 11.1 Å². The van der Waals surface area contributed by atoms with Crippen LogP contribution in [0.25, 0.3) is 0 Å². The third kappa shape index (κ3) is 3.19. The minimum Gasteiger partial charge on any atom is -0.353 e. The second-order valence-electron chi connectivity index (χ2n) is 5.30. The molecule has 16 heavy (non-hydrogen) atoms. The highest BCUT2D eigenvalue weighted by atomic mass is 16.1. The molecule has 0 aromatic carbocycles. The zero-order valence-corrected chi connectivity index (χ0v) is 10.8. The first kappa shape index (κ1) is 13.5. The predicted molar refractivity (Wildman–Crippen MR) is 66.1 cm³/mol. The zero-order chi connectivity index (χ0) is 12.2. The standard InChI is InChI=1S/C12H25N3O/c1-10-5-4-6-12(7-10,15(2)3)9-14-11(16)8-13/h10H,4-9,13H2,1-3H3,(H,14,16).